The molecule has 3 heterocycles. The predicted molar refractivity (Wildman–Crippen MR) is 94.2 cm³/mol. The first-order valence-corrected chi connectivity index (χ1v) is 8.15. The number of aromatic nitrogens is 3. The fourth-order valence-corrected chi connectivity index (χ4v) is 3.32. The number of ketones is 1. The van der Waals surface area contributed by atoms with Gasteiger partial charge in [-0.05, 0) is 53.3 Å². The molecule has 6 heteroatoms. The maximum atomic E-state index is 13.3. The molecule has 1 aliphatic rings. The SMILES string of the molecule is Nc1nc2ccc(-c3ccc4[nH]ccc4c3)cn2c1C(=O)[C@H]1C[C@@H]1F. The highest BCUT2D eigenvalue weighted by atomic mass is 19.1. The number of hydrogen-bond acceptors (Lipinski definition) is 3. The van der Waals surface area contributed by atoms with Crippen molar-refractivity contribution < 1.29 is 9.18 Å². The van der Waals surface area contributed by atoms with Crippen molar-refractivity contribution >= 4 is 28.2 Å². The Bertz CT molecular complexity index is 1140. The van der Waals surface area contributed by atoms with Crippen LogP contribution in [0.3, 0.4) is 0 Å². The molecule has 0 amide bonds. The summed E-state index contributed by atoms with van der Waals surface area (Å²) in [6, 6.07) is 11.9. The molecule has 0 bridgehead atoms. The molecule has 5 nitrogen and oxygen atoms in total. The third-order valence-corrected chi connectivity index (χ3v) is 4.81. The molecule has 0 aliphatic heterocycles. The van der Waals surface area contributed by atoms with E-state index >= 15 is 0 Å². The van der Waals surface area contributed by atoms with Gasteiger partial charge in [0, 0.05) is 17.9 Å². The lowest BCUT2D eigenvalue weighted by atomic mass is 10.1. The van der Waals surface area contributed by atoms with E-state index in [1.54, 1.807) is 4.40 Å². The highest BCUT2D eigenvalue weighted by Gasteiger charge is 2.45. The molecule has 4 aromatic rings. The van der Waals surface area contributed by atoms with Crippen LogP contribution in [0.5, 0.6) is 0 Å². The fourth-order valence-electron chi connectivity index (χ4n) is 3.32. The van der Waals surface area contributed by atoms with E-state index in [1.165, 1.54) is 0 Å². The lowest BCUT2D eigenvalue weighted by molar-refractivity contribution is 0.0952. The Morgan fingerprint density at radius 2 is 2.04 bits per heavy atom. The minimum Gasteiger partial charge on any atom is -0.382 e. The van der Waals surface area contributed by atoms with E-state index in [-0.39, 0.29) is 23.7 Å². The number of imidazole rings is 1. The van der Waals surface area contributed by atoms with Crippen LogP contribution in [0.15, 0.2) is 48.8 Å². The Hall–Kier alpha value is -3.15. The molecule has 2 atom stereocenters. The number of nitrogens with two attached hydrogens (primary N) is 1. The summed E-state index contributed by atoms with van der Waals surface area (Å²) in [5.74, 6) is -0.694. The summed E-state index contributed by atoms with van der Waals surface area (Å²) in [4.78, 5) is 19.9. The minimum absolute atomic E-state index is 0.155. The molecule has 0 saturated heterocycles. The average Bonchev–Trinajstić information content (AvgIpc) is 3.04. The number of carbonyl (C=O) groups excluding carboxylic acids is 1. The number of nitrogens with zero attached hydrogens (tertiary/aromatic N) is 2. The average molecular weight is 334 g/mol. The van der Waals surface area contributed by atoms with E-state index in [1.807, 2.05) is 42.7 Å². The standard InChI is InChI=1S/C19H15FN4O/c20-14-8-13(14)18(25)17-19(21)23-16-4-2-12(9-24(16)17)10-1-3-15-11(7-10)5-6-22-15/h1-7,9,13-14,22H,8,21H2/t13-,14-/m0/s1. The van der Waals surface area contributed by atoms with Crippen LogP contribution in [0.1, 0.15) is 16.9 Å². The van der Waals surface area contributed by atoms with Gasteiger partial charge in [0.1, 0.15) is 17.5 Å². The van der Waals surface area contributed by atoms with Crippen molar-refractivity contribution in [1.82, 2.24) is 14.4 Å². The van der Waals surface area contributed by atoms with E-state index < -0.39 is 12.1 Å². The van der Waals surface area contributed by atoms with Gasteiger partial charge in [0.05, 0.1) is 5.92 Å². The van der Waals surface area contributed by atoms with E-state index in [0.29, 0.717) is 5.65 Å². The first-order chi connectivity index (χ1) is 12.1. The summed E-state index contributed by atoms with van der Waals surface area (Å²) in [7, 11) is 0. The topological polar surface area (TPSA) is 76.2 Å². The monoisotopic (exact) mass is 334 g/mol. The lowest BCUT2D eigenvalue weighted by Crippen LogP contribution is -2.10. The molecular formula is C19H15FN4O. The molecule has 124 valence electrons. The normalized spacial score (nSPS) is 19.6. The van der Waals surface area contributed by atoms with Crippen molar-refractivity contribution in [2.75, 3.05) is 5.73 Å². The number of H-pyrrole nitrogens is 1. The van der Waals surface area contributed by atoms with Crippen molar-refractivity contribution in [3.63, 3.8) is 0 Å². The van der Waals surface area contributed by atoms with Gasteiger partial charge < -0.3 is 10.7 Å². The second kappa shape index (κ2) is 4.92. The number of pyridine rings is 1. The number of hydrogen-bond donors (Lipinski definition) is 2. The summed E-state index contributed by atoms with van der Waals surface area (Å²) >= 11 is 0. The van der Waals surface area contributed by atoms with Crippen molar-refractivity contribution in [3.8, 4) is 11.1 Å². The molecule has 1 fully saturated rings. The molecule has 1 aromatic carbocycles. The number of benzene rings is 1. The van der Waals surface area contributed by atoms with E-state index in [4.69, 9.17) is 5.73 Å². The number of nitrogens with one attached hydrogen (secondary N) is 1. The Morgan fingerprint density at radius 1 is 1.24 bits per heavy atom. The molecule has 25 heavy (non-hydrogen) atoms. The van der Waals surface area contributed by atoms with Crippen LogP contribution < -0.4 is 5.73 Å². The van der Waals surface area contributed by atoms with Gasteiger partial charge >= 0.3 is 0 Å². The Balaban J connectivity index is 1.66. The second-order valence-corrected chi connectivity index (χ2v) is 6.49. The predicted octanol–water partition coefficient (Wildman–Crippen LogP) is 3.61. The number of nitrogen functional groups attached to an aromatic ring is 1. The lowest BCUT2D eigenvalue weighted by Gasteiger charge is -2.06. The van der Waals surface area contributed by atoms with Crippen molar-refractivity contribution in [1.29, 1.82) is 0 Å². The molecule has 0 unspecified atom stereocenters. The third kappa shape index (κ3) is 2.14. The van der Waals surface area contributed by atoms with E-state index in [2.05, 4.69) is 16.0 Å². The van der Waals surface area contributed by atoms with Crippen LogP contribution in [-0.2, 0) is 0 Å². The van der Waals surface area contributed by atoms with Gasteiger partial charge in [-0.3, -0.25) is 9.20 Å². The van der Waals surface area contributed by atoms with Gasteiger partial charge in [-0.1, -0.05) is 6.07 Å². The zero-order chi connectivity index (χ0) is 17.1. The summed E-state index contributed by atoms with van der Waals surface area (Å²) in [6.07, 6.45) is 2.95. The molecule has 1 saturated carbocycles. The summed E-state index contributed by atoms with van der Waals surface area (Å²) in [5.41, 5.74) is 9.83. The Labute approximate surface area is 142 Å². The van der Waals surface area contributed by atoms with Gasteiger partial charge in [0.15, 0.2) is 11.6 Å². The first kappa shape index (κ1) is 14.2. The van der Waals surface area contributed by atoms with Gasteiger partial charge in [0.25, 0.3) is 0 Å². The number of carbonyl (C=O) groups is 1. The van der Waals surface area contributed by atoms with Crippen LogP contribution in [0.4, 0.5) is 10.2 Å². The number of rotatable bonds is 3. The second-order valence-electron chi connectivity index (χ2n) is 6.49. The van der Waals surface area contributed by atoms with E-state index in [9.17, 15) is 9.18 Å². The van der Waals surface area contributed by atoms with Gasteiger partial charge in [-0.2, -0.15) is 0 Å². The molecule has 0 spiro atoms. The molecule has 5 rings (SSSR count). The van der Waals surface area contributed by atoms with Crippen molar-refractivity contribution in [2.24, 2.45) is 5.92 Å². The van der Waals surface area contributed by atoms with Gasteiger partial charge in [-0.25, -0.2) is 9.37 Å². The van der Waals surface area contributed by atoms with E-state index in [0.717, 1.165) is 22.0 Å². The van der Waals surface area contributed by atoms with Crippen LogP contribution in [0.25, 0.3) is 27.7 Å². The van der Waals surface area contributed by atoms with Crippen LogP contribution in [-0.4, -0.2) is 26.3 Å². The number of Topliss-reactive ketones (excluding diaryl/α,β-unsaturated/α-hetero) is 1. The maximum Gasteiger partial charge on any atom is 0.189 e. The van der Waals surface area contributed by atoms with Crippen LogP contribution >= 0.6 is 0 Å². The minimum atomic E-state index is -1.06. The number of halogens is 1. The van der Waals surface area contributed by atoms with Gasteiger partial charge in [0.2, 0.25) is 0 Å². The highest BCUT2D eigenvalue weighted by Crippen LogP contribution is 2.38. The first-order valence-electron chi connectivity index (χ1n) is 8.15. The van der Waals surface area contributed by atoms with Crippen LogP contribution in [0.2, 0.25) is 0 Å². The zero-order valence-electron chi connectivity index (χ0n) is 13.2. The van der Waals surface area contributed by atoms with Crippen molar-refractivity contribution in [3.05, 3.63) is 54.5 Å². The number of fused-ring (bicyclic) bond motifs is 2. The summed E-state index contributed by atoms with van der Waals surface area (Å²) in [5, 5.41) is 1.11. The Morgan fingerprint density at radius 3 is 2.84 bits per heavy atom. The molecule has 0 radical (unpaired) electrons. The maximum absolute atomic E-state index is 13.3. The van der Waals surface area contributed by atoms with Crippen molar-refractivity contribution in [2.45, 2.75) is 12.6 Å². The number of anilines is 1. The zero-order valence-corrected chi connectivity index (χ0v) is 13.2. The number of alkyl halides is 1. The third-order valence-electron chi connectivity index (χ3n) is 4.81. The largest absolute Gasteiger partial charge is 0.382 e. The van der Waals surface area contributed by atoms with Crippen LogP contribution in [0, 0.1) is 5.92 Å². The Kier molecular flexibility index (Phi) is 2.80. The molecule has 3 aromatic heterocycles. The summed E-state index contributed by atoms with van der Waals surface area (Å²) in [6.45, 7) is 0. The summed E-state index contributed by atoms with van der Waals surface area (Å²) < 4.78 is 15.0. The molecule has 1 aliphatic carbocycles. The number of aromatic amines is 1. The smallest absolute Gasteiger partial charge is 0.189 e. The molecular weight excluding hydrogens is 319 g/mol. The van der Waals surface area contributed by atoms with Gasteiger partial charge in [-0.15, -0.1) is 0 Å². The quantitative estimate of drug-likeness (QED) is 0.562. The highest BCUT2D eigenvalue weighted by molar-refractivity contribution is 6.03. The fraction of sp³-hybridized carbons (Fsp3) is 0.158. The molecule has 3 N–H and O–H groups in total.